The van der Waals surface area contributed by atoms with Crippen LogP contribution in [0.25, 0.3) is 0 Å². The number of Topliss-reactive ketones (excluding diaryl/α,β-unsaturated/α-hetero) is 1. The van der Waals surface area contributed by atoms with Crippen LogP contribution in [0.5, 0.6) is 0 Å². The Morgan fingerprint density at radius 1 is 0.873 bits per heavy atom. The number of carbonyl (C=O) groups excluding carboxylic acids is 2. The molecule has 11 unspecified atom stereocenters. The van der Waals surface area contributed by atoms with Crippen LogP contribution >= 0.6 is 0 Å². The highest BCUT2D eigenvalue weighted by Gasteiger charge is 2.72. The van der Waals surface area contributed by atoms with Gasteiger partial charge in [0, 0.05) is 11.8 Å². The molecule has 1 spiro atoms. The topological polar surface area (TPSA) is 373 Å². The van der Waals surface area contributed by atoms with Crippen LogP contribution in [0.1, 0.15) is 86.0 Å². The standard InChI is InChI=1S/C41H68O22/c1-6-18(45)12-21(46)33(54)62-37(56)38(4,5)20-8-9-39-13-24(47)40(16-39,10-11-41(39,57)19(20)7-2)63-36-32(60-34(55)29(52)25(48)17(3)44)31(27(50)23(15-43)59-36)61-35-30(53)28(51)26(49)22(14-42)58-35/h12,17-20,22-23,25-36,42-46,48-55,57H,6-11,13-16H2,1-5H3/b21-12+/t17-,18-,19?,20+,22-,23-,25?,26?,27?,28?,29?,30-,31?,32-,33+,34+,35?,36?,39?,40?,41-/m1/s1. The lowest BCUT2D eigenvalue weighted by Crippen LogP contribution is -2.67. The van der Waals surface area contributed by atoms with E-state index in [1.807, 2.05) is 6.92 Å². The summed E-state index contributed by atoms with van der Waals surface area (Å²) < 4.78 is 34.8. The van der Waals surface area contributed by atoms with Gasteiger partial charge in [-0.1, -0.05) is 20.3 Å². The maximum Gasteiger partial charge on any atom is 0.314 e. The van der Waals surface area contributed by atoms with Crippen molar-refractivity contribution in [2.24, 2.45) is 22.7 Å². The average molecular weight is 913 g/mol. The molecular weight excluding hydrogens is 844 g/mol. The van der Waals surface area contributed by atoms with E-state index < -0.39 is 163 Å². The molecule has 3 aliphatic carbocycles. The van der Waals surface area contributed by atoms with Crippen LogP contribution < -0.4 is 0 Å². The van der Waals surface area contributed by atoms with Crippen LogP contribution in [0.2, 0.25) is 0 Å². The molecule has 2 bridgehead atoms. The van der Waals surface area contributed by atoms with Crippen molar-refractivity contribution in [2.75, 3.05) is 13.2 Å². The van der Waals surface area contributed by atoms with Gasteiger partial charge in [-0.25, -0.2) is 0 Å². The smallest absolute Gasteiger partial charge is 0.314 e. The van der Waals surface area contributed by atoms with Crippen molar-refractivity contribution in [1.29, 1.82) is 0 Å². The predicted octanol–water partition coefficient (Wildman–Crippen LogP) is -3.78. The molecule has 2 heterocycles. The molecule has 0 amide bonds. The van der Waals surface area contributed by atoms with Gasteiger partial charge in [0.15, 0.2) is 30.4 Å². The predicted molar refractivity (Wildman–Crippen MR) is 209 cm³/mol. The molecule has 0 aromatic rings. The Kier molecular flexibility index (Phi) is 16.5. The van der Waals surface area contributed by atoms with Gasteiger partial charge in [0.1, 0.15) is 66.6 Å². The monoisotopic (exact) mass is 912 g/mol. The normalized spacial score (nSPS) is 42.8. The fourth-order valence-electron chi connectivity index (χ4n) is 10.5. The number of esters is 1. The van der Waals surface area contributed by atoms with E-state index in [0.29, 0.717) is 6.42 Å². The van der Waals surface area contributed by atoms with Crippen LogP contribution in [-0.4, -0.2) is 206 Å². The van der Waals surface area contributed by atoms with Crippen molar-refractivity contribution < 1.29 is 110 Å². The number of rotatable bonds is 18. The molecule has 5 aliphatic rings. The minimum atomic E-state index is -2.40. The molecule has 22 nitrogen and oxygen atoms in total. The van der Waals surface area contributed by atoms with E-state index in [0.717, 1.165) is 13.0 Å². The average Bonchev–Trinajstić information content (AvgIpc) is 3.48. The molecule has 0 aromatic heterocycles. The highest BCUT2D eigenvalue weighted by Crippen LogP contribution is 2.68. The van der Waals surface area contributed by atoms with Gasteiger partial charge in [0.2, 0.25) is 0 Å². The Morgan fingerprint density at radius 2 is 1.49 bits per heavy atom. The summed E-state index contributed by atoms with van der Waals surface area (Å²) in [6.07, 6.45) is -28.3. The molecule has 63 heavy (non-hydrogen) atoms. The lowest BCUT2D eigenvalue weighted by Gasteiger charge is -2.61. The summed E-state index contributed by atoms with van der Waals surface area (Å²) in [7, 11) is 0. The second kappa shape index (κ2) is 20.1. The largest absolute Gasteiger partial charge is 0.506 e. The van der Waals surface area contributed by atoms with Gasteiger partial charge in [-0.15, -0.1) is 0 Å². The van der Waals surface area contributed by atoms with Crippen molar-refractivity contribution in [3.05, 3.63) is 11.8 Å². The van der Waals surface area contributed by atoms with E-state index in [1.54, 1.807) is 20.8 Å². The number of carbonyl (C=O) groups is 2. The summed E-state index contributed by atoms with van der Waals surface area (Å²) in [4.78, 5) is 28.1. The Bertz CT molecular complexity index is 1590. The summed E-state index contributed by atoms with van der Waals surface area (Å²) >= 11 is 0. The summed E-state index contributed by atoms with van der Waals surface area (Å²) in [5, 5.41) is 149. The SMILES string of the molecule is CCC1[C@@H](C(C)(C)C(=O)O[C@H](O)/C(O)=C\[C@H](O)CC)CCC23CC(=O)C(OC4O[C@H](CO)C(O)C(OC5O[C@H](CO)C(O)C(O)[C@H]5O)[C@H]4O[C@H](O)C(O)C(O)[C@@H](C)O)(CC[C@@]12O)C3. The molecule has 5 fully saturated rings. The quantitative estimate of drug-likeness (QED) is 0.0272. The number of ketones is 1. The van der Waals surface area contributed by atoms with Gasteiger partial charge < -0.3 is 99.9 Å². The number of hydrogen-bond donors (Lipinski definition) is 14. The number of ether oxygens (including phenoxy) is 6. The lowest BCUT2D eigenvalue weighted by molar-refractivity contribution is -0.388. The first-order valence-corrected chi connectivity index (χ1v) is 21.6. The van der Waals surface area contributed by atoms with Gasteiger partial charge >= 0.3 is 5.97 Å². The van der Waals surface area contributed by atoms with Crippen LogP contribution in [0.4, 0.5) is 0 Å². The van der Waals surface area contributed by atoms with E-state index in [2.05, 4.69) is 0 Å². The van der Waals surface area contributed by atoms with Gasteiger partial charge in [-0.2, -0.15) is 0 Å². The maximum absolute atomic E-state index is 14.4. The number of fused-ring (bicyclic) bond motifs is 1. The van der Waals surface area contributed by atoms with E-state index in [9.17, 15) is 81.1 Å². The second-order valence-electron chi connectivity index (χ2n) is 18.5. The highest BCUT2D eigenvalue weighted by molar-refractivity contribution is 5.91. The van der Waals surface area contributed by atoms with Gasteiger partial charge in [-0.05, 0) is 77.2 Å². The minimum Gasteiger partial charge on any atom is -0.506 e. The summed E-state index contributed by atoms with van der Waals surface area (Å²) in [5.41, 5.74) is -5.82. The zero-order valence-corrected chi connectivity index (χ0v) is 36.1. The Labute approximate surface area is 364 Å². The first kappa shape index (κ1) is 51.9. The van der Waals surface area contributed by atoms with Gasteiger partial charge in [-0.3, -0.25) is 9.59 Å². The summed E-state index contributed by atoms with van der Waals surface area (Å²) in [6, 6.07) is 0. The van der Waals surface area contributed by atoms with Crippen molar-refractivity contribution in [3.8, 4) is 0 Å². The minimum absolute atomic E-state index is 0.0586. The molecule has 21 atom stereocenters. The Morgan fingerprint density at radius 3 is 2.08 bits per heavy atom. The van der Waals surface area contributed by atoms with Crippen LogP contribution in [0.15, 0.2) is 11.8 Å². The van der Waals surface area contributed by atoms with Crippen LogP contribution in [0, 0.1) is 22.7 Å². The highest BCUT2D eigenvalue weighted by atomic mass is 16.8. The molecule has 0 radical (unpaired) electrons. The van der Waals surface area contributed by atoms with E-state index >= 15 is 0 Å². The number of hydrogen-bond acceptors (Lipinski definition) is 22. The molecule has 5 rings (SSSR count). The third-order valence-electron chi connectivity index (χ3n) is 14.4. The summed E-state index contributed by atoms with van der Waals surface area (Å²) in [5.74, 6) is -3.29. The number of aliphatic hydroxyl groups excluding tert-OH is 13. The molecule has 3 saturated carbocycles. The van der Waals surface area contributed by atoms with Crippen molar-refractivity contribution >= 4 is 11.8 Å². The molecule has 22 heteroatoms. The number of aliphatic hydroxyl groups is 14. The van der Waals surface area contributed by atoms with Gasteiger partial charge in [0.25, 0.3) is 6.29 Å². The fraction of sp³-hybridized carbons (Fsp3) is 0.902. The first-order chi connectivity index (χ1) is 29.4. The Balaban J connectivity index is 1.45. The molecule has 14 N–H and O–H groups in total. The van der Waals surface area contributed by atoms with Crippen LogP contribution in [0.3, 0.4) is 0 Å². The molecule has 364 valence electrons. The summed E-state index contributed by atoms with van der Waals surface area (Å²) in [6.45, 7) is 5.99. The van der Waals surface area contributed by atoms with E-state index in [-0.39, 0.29) is 44.9 Å². The third kappa shape index (κ3) is 9.72. The fourth-order valence-corrected chi connectivity index (χ4v) is 10.5. The second-order valence-corrected chi connectivity index (χ2v) is 18.5. The van der Waals surface area contributed by atoms with Crippen molar-refractivity contribution in [2.45, 2.75) is 196 Å². The zero-order valence-electron chi connectivity index (χ0n) is 36.1. The van der Waals surface area contributed by atoms with Gasteiger partial charge in [0.05, 0.1) is 36.4 Å². The van der Waals surface area contributed by atoms with Crippen molar-refractivity contribution in [1.82, 2.24) is 0 Å². The van der Waals surface area contributed by atoms with Crippen molar-refractivity contribution in [3.63, 3.8) is 0 Å². The molecule has 0 aromatic carbocycles. The van der Waals surface area contributed by atoms with E-state index in [1.165, 1.54) is 0 Å². The molecule has 2 saturated heterocycles. The Hall–Kier alpha value is -2.04. The van der Waals surface area contributed by atoms with Crippen LogP contribution in [-0.2, 0) is 38.0 Å². The first-order valence-electron chi connectivity index (χ1n) is 21.6. The zero-order chi connectivity index (χ0) is 47.1. The molecule has 2 aliphatic heterocycles. The van der Waals surface area contributed by atoms with E-state index in [4.69, 9.17) is 28.4 Å². The third-order valence-corrected chi connectivity index (χ3v) is 14.4. The maximum atomic E-state index is 14.4. The molecular formula is C41H68O22. The lowest BCUT2D eigenvalue weighted by atomic mass is 9.47.